The van der Waals surface area contributed by atoms with Crippen molar-refractivity contribution < 1.29 is 14.3 Å². The summed E-state index contributed by atoms with van der Waals surface area (Å²) < 4.78 is 5.52. The lowest BCUT2D eigenvalue weighted by atomic mass is 9.73. The summed E-state index contributed by atoms with van der Waals surface area (Å²) in [6.45, 7) is 3.78. The Bertz CT molecular complexity index is 857. The van der Waals surface area contributed by atoms with E-state index >= 15 is 0 Å². The number of fused-ring (bicyclic) bond motifs is 1. The number of hydrogen-bond acceptors (Lipinski definition) is 3. The van der Waals surface area contributed by atoms with Crippen molar-refractivity contribution in [2.45, 2.75) is 31.6 Å². The fraction of sp³-hybridized carbons (Fsp3) is 0.364. The zero-order valence-electron chi connectivity index (χ0n) is 15.5. The first kappa shape index (κ1) is 17.7. The number of ether oxygens (including phenoxy) is 1. The maximum absolute atomic E-state index is 13.3. The van der Waals surface area contributed by atoms with Crippen molar-refractivity contribution in [3.05, 3.63) is 59.7 Å². The first-order chi connectivity index (χ1) is 13.1. The predicted molar refractivity (Wildman–Crippen MR) is 105 cm³/mol. The van der Waals surface area contributed by atoms with Gasteiger partial charge in [-0.25, -0.2) is 0 Å². The molecule has 2 heterocycles. The van der Waals surface area contributed by atoms with Crippen LogP contribution in [0.1, 0.15) is 30.9 Å². The molecule has 0 aliphatic carbocycles. The highest BCUT2D eigenvalue weighted by molar-refractivity contribution is 6.03. The van der Waals surface area contributed by atoms with E-state index in [4.69, 9.17) is 4.74 Å². The molecular formula is C22H24N2O3. The zero-order valence-corrected chi connectivity index (χ0v) is 15.5. The zero-order chi connectivity index (χ0) is 18.9. The van der Waals surface area contributed by atoms with Crippen molar-refractivity contribution >= 4 is 23.2 Å². The van der Waals surface area contributed by atoms with Crippen LogP contribution in [0.5, 0.6) is 0 Å². The number of likely N-dealkylation sites (N-methyl/N-ethyl adjacent to an activating group) is 1. The van der Waals surface area contributed by atoms with Gasteiger partial charge in [0.2, 0.25) is 11.8 Å². The normalized spacial score (nSPS) is 18.3. The summed E-state index contributed by atoms with van der Waals surface area (Å²) in [5.41, 5.74) is 3.11. The highest BCUT2D eigenvalue weighted by Crippen LogP contribution is 2.37. The molecule has 140 valence electrons. The van der Waals surface area contributed by atoms with Gasteiger partial charge < -0.3 is 15.0 Å². The molecule has 0 saturated carbocycles. The molecule has 1 fully saturated rings. The summed E-state index contributed by atoms with van der Waals surface area (Å²) >= 11 is 0. The molecule has 0 aromatic heterocycles. The standard InChI is InChI=1S/C22H24N2O3/c1-2-24-19-9-8-18(14-16(19)15-20(24)25)23-21(26)22(10-12-27-13-11-22)17-6-4-3-5-7-17/h3-9,14H,2,10-13,15H2,1H3,(H,23,26). The van der Waals surface area contributed by atoms with E-state index in [0.29, 0.717) is 39.0 Å². The molecule has 0 atom stereocenters. The Morgan fingerprint density at radius 3 is 2.59 bits per heavy atom. The minimum atomic E-state index is -0.580. The summed E-state index contributed by atoms with van der Waals surface area (Å²) in [6.07, 6.45) is 1.72. The Labute approximate surface area is 159 Å². The minimum absolute atomic E-state index is 0.00591. The molecule has 0 bridgehead atoms. The third kappa shape index (κ3) is 3.12. The Hall–Kier alpha value is -2.66. The van der Waals surface area contributed by atoms with E-state index in [2.05, 4.69) is 5.32 Å². The molecule has 0 unspecified atom stereocenters. The van der Waals surface area contributed by atoms with Crippen LogP contribution >= 0.6 is 0 Å². The van der Waals surface area contributed by atoms with Crippen LogP contribution in [0.2, 0.25) is 0 Å². The van der Waals surface area contributed by atoms with Gasteiger partial charge in [0.15, 0.2) is 0 Å². The van der Waals surface area contributed by atoms with E-state index in [9.17, 15) is 9.59 Å². The van der Waals surface area contributed by atoms with E-state index < -0.39 is 5.41 Å². The van der Waals surface area contributed by atoms with Crippen molar-refractivity contribution in [1.29, 1.82) is 0 Å². The van der Waals surface area contributed by atoms with Gasteiger partial charge in [0.25, 0.3) is 0 Å². The molecule has 5 nitrogen and oxygen atoms in total. The molecule has 2 amide bonds. The van der Waals surface area contributed by atoms with E-state index in [0.717, 1.165) is 22.5 Å². The Kier molecular flexibility index (Phi) is 4.70. The lowest BCUT2D eigenvalue weighted by Crippen LogP contribution is -2.44. The largest absolute Gasteiger partial charge is 0.381 e. The molecule has 2 aromatic carbocycles. The second kappa shape index (κ2) is 7.16. The van der Waals surface area contributed by atoms with Gasteiger partial charge in [-0.2, -0.15) is 0 Å². The van der Waals surface area contributed by atoms with Gasteiger partial charge in [-0.05, 0) is 49.1 Å². The average molecular weight is 364 g/mol. The van der Waals surface area contributed by atoms with Crippen LogP contribution in [0.4, 0.5) is 11.4 Å². The second-order valence-corrected chi connectivity index (χ2v) is 7.17. The highest BCUT2D eigenvalue weighted by atomic mass is 16.5. The van der Waals surface area contributed by atoms with Crippen LogP contribution in [-0.2, 0) is 26.2 Å². The minimum Gasteiger partial charge on any atom is -0.381 e. The lowest BCUT2D eigenvalue weighted by Gasteiger charge is -2.36. The van der Waals surface area contributed by atoms with Gasteiger partial charge in [-0.1, -0.05) is 30.3 Å². The quantitative estimate of drug-likeness (QED) is 0.906. The average Bonchev–Trinajstić information content (AvgIpc) is 3.03. The number of carbonyl (C=O) groups excluding carboxylic acids is 2. The van der Waals surface area contributed by atoms with Crippen LogP contribution in [-0.4, -0.2) is 31.6 Å². The van der Waals surface area contributed by atoms with Crippen LogP contribution in [0.25, 0.3) is 0 Å². The monoisotopic (exact) mass is 364 g/mol. The number of benzene rings is 2. The van der Waals surface area contributed by atoms with Gasteiger partial charge in [0.05, 0.1) is 11.8 Å². The molecule has 1 saturated heterocycles. The fourth-order valence-corrected chi connectivity index (χ4v) is 4.18. The molecule has 0 spiro atoms. The predicted octanol–water partition coefficient (Wildman–Crippen LogP) is 3.28. The maximum Gasteiger partial charge on any atom is 0.235 e. The maximum atomic E-state index is 13.3. The van der Waals surface area contributed by atoms with Crippen molar-refractivity contribution in [2.24, 2.45) is 0 Å². The smallest absolute Gasteiger partial charge is 0.235 e. The van der Waals surface area contributed by atoms with Gasteiger partial charge in [0.1, 0.15) is 0 Å². The molecule has 5 heteroatoms. The fourth-order valence-electron chi connectivity index (χ4n) is 4.18. The van der Waals surface area contributed by atoms with Crippen molar-refractivity contribution in [1.82, 2.24) is 0 Å². The van der Waals surface area contributed by atoms with E-state index in [1.807, 2.05) is 55.5 Å². The van der Waals surface area contributed by atoms with Crippen LogP contribution in [0.3, 0.4) is 0 Å². The third-order valence-corrected chi connectivity index (χ3v) is 5.69. The van der Waals surface area contributed by atoms with Gasteiger partial charge in [-0.3, -0.25) is 9.59 Å². The molecule has 2 aliphatic rings. The first-order valence-electron chi connectivity index (χ1n) is 9.52. The summed E-state index contributed by atoms with van der Waals surface area (Å²) in [5.74, 6) is 0.106. The number of rotatable bonds is 4. The van der Waals surface area contributed by atoms with Crippen LogP contribution in [0.15, 0.2) is 48.5 Å². The van der Waals surface area contributed by atoms with Crippen LogP contribution < -0.4 is 10.2 Å². The highest BCUT2D eigenvalue weighted by Gasteiger charge is 2.41. The van der Waals surface area contributed by atoms with Gasteiger partial charge >= 0.3 is 0 Å². The van der Waals surface area contributed by atoms with Crippen LogP contribution in [0, 0.1) is 0 Å². The molecule has 1 N–H and O–H groups in total. The summed E-state index contributed by atoms with van der Waals surface area (Å²) in [6, 6.07) is 15.7. The van der Waals surface area contributed by atoms with Gasteiger partial charge in [-0.15, -0.1) is 0 Å². The number of amides is 2. The lowest BCUT2D eigenvalue weighted by molar-refractivity contribution is -0.125. The number of hydrogen-bond donors (Lipinski definition) is 1. The molecule has 2 aliphatic heterocycles. The number of nitrogens with one attached hydrogen (secondary N) is 1. The Balaban J connectivity index is 1.61. The van der Waals surface area contributed by atoms with Crippen molar-refractivity contribution in [2.75, 3.05) is 30.0 Å². The molecular weight excluding hydrogens is 340 g/mol. The van der Waals surface area contributed by atoms with E-state index in [1.54, 1.807) is 4.90 Å². The molecule has 2 aromatic rings. The Morgan fingerprint density at radius 1 is 1.15 bits per heavy atom. The first-order valence-corrected chi connectivity index (χ1v) is 9.52. The topological polar surface area (TPSA) is 58.6 Å². The van der Waals surface area contributed by atoms with E-state index in [-0.39, 0.29) is 11.8 Å². The molecule has 27 heavy (non-hydrogen) atoms. The van der Waals surface area contributed by atoms with Crippen molar-refractivity contribution in [3.63, 3.8) is 0 Å². The number of anilines is 2. The number of nitrogens with zero attached hydrogens (tertiary/aromatic N) is 1. The van der Waals surface area contributed by atoms with E-state index in [1.165, 1.54) is 0 Å². The summed E-state index contributed by atoms with van der Waals surface area (Å²) in [4.78, 5) is 27.2. The summed E-state index contributed by atoms with van der Waals surface area (Å²) in [7, 11) is 0. The molecule has 0 radical (unpaired) electrons. The molecule has 4 rings (SSSR count). The SMILES string of the molecule is CCN1C(=O)Cc2cc(NC(=O)C3(c4ccccc4)CCOCC3)ccc21. The Morgan fingerprint density at radius 2 is 1.89 bits per heavy atom. The summed E-state index contributed by atoms with van der Waals surface area (Å²) in [5, 5.41) is 3.10. The third-order valence-electron chi connectivity index (χ3n) is 5.69. The van der Waals surface area contributed by atoms with Crippen molar-refractivity contribution in [3.8, 4) is 0 Å². The van der Waals surface area contributed by atoms with Gasteiger partial charge in [0, 0.05) is 31.1 Å². The number of carbonyl (C=O) groups is 2. The second-order valence-electron chi connectivity index (χ2n) is 7.17.